The Morgan fingerprint density at radius 3 is 2.43 bits per heavy atom. The zero-order valence-corrected chi connectivity index (χ0v) is 10.2. The first-order chi connectivity index (χ1) is 6.72. The predicted octanol–water partition coefficient (Wildman–Crippen LogP) is 3.59. The molecule has 0 bridgehead atoms. The van der Waals surface area contributed by atoms with Crippen molar-refractivity contribution in [2.24, 2.45) is 11.8 Å². The first-order valence-electron chi connectivity index (χ1n) is 6.45. The molecule has 1 aliphatic rings. The van der Waals surface area contributed by atoms with Gasteiger partial charge in [0.05, 0.1) is 0 Å². The maximum absolute atomic E-state index is 3.70. The molecule has 0 saturated heterocycles. The molecular formula is C13H27N. The van der Waals surface area contributed by atoms with E-state index in [-0.39, 0.29) is 0 Å². The molecule has 1 fully saturated rings. The lowest BCUT2D eigenvalue weighted by atomic mass is 9.79. The van der Waals surface area contributed by atoms with Crippen molar-refractivity contribution < 1.29 is 0 Å². The second-order valence-electron chi connectivity index (χ2n) is 5.31. The van der Waals surface area contributed by atoms with Crippen LogP contribution in [-0.4, -0.2) is 12.6 Å². The number of hydrogen-bond donors (Lipinski definition) is 1. The summed E-state index contributed by atoms with van der Waals surface area (Å²) in [5.74, 6) is 1.88. The molecule has 1 nitrogen and oxygen atoms in total. The van der Waals surface area contributed by atoms with Crippen LogP contribution in [0.25, 0.3) is 0 Å². The Bertz CT molecular complexity index is 138. The summed E-state index contributed by atoms with van der Waals surface area (Å²) < 4.78 is 0. The lowest BCUT2D eigenvalue weighted by molar-refractivity contribution is 0.245. The molecule has 0 heterocycles. The van der Waals surface area contributed by atoms with Crippen LogP contribution in [0, 0.1) is 11.8 Å². The second-order valence-corrected chi connectivity index (χ2v) is 5.31. The van der Waals surface area contributed by atoms with Crippen LogP contribution < -0.4 is 5.32 Å². The van der Waals surface area contributed by atoms with Crippen LogP contribution >= 0.6 is 0 Å². The summed E-state index contributed by atoms with van der Waals surface area (Å²) in [6.45, 7) is 8.12. The van der Waals surface area contributed by atoms with E-state index in [4.69, 9.17) is 0 Å². The maximum Gasteiger partial charge on any atom is 0.00721 e. The van der Waals surface area contributed by atoms with Crippen molar-refractivity contribution in [2.75, 3.05) is 6.54 Å². The Labute approximate surface area is 89.7 Å². The number of rotatable bonds is 7. The molecule has 0 spiro atoms. The summed E-state index contributed by atoms with van der Waals surface area (Å²) >= 11 is 0. The Morgan fingerprint density at radius 1 is 1.29 bits per heavy atom. The molecule has 0 aliphatic heterocycles. The third kappa shape index (κ3) is 4.45. The predicted molar refractivity (Wildman–Crippen MR) is 63.5 cm³/mol. The van der Waals surface area contributed by atoms with E-state index in [2.05, 4.69) is 26.1 Å². The fourth-order valence-corrected chi connectivity index (χ4v) is 2.31. The molecule has 1 aliphatic carbocycles. The highest BCUT2D eigenvalue weighted by atomic mass is 14.9. The van der Waals surface area contributed by atoms with E-state index in [9.17, 15) is 0 Å². The highest BCUT2D eigenvalue weighted by Crippen LogP contribution is 2.31. The first-order valence-corrected chi connectivity index (χ1v) is 6.45. The van der Waals surface area contributed by atoms with E-state index in [0.29, 0.717) is 0 Å². The molecule has 1 unspecified atom stereocenters. The van der Waals surface area contributed by atoms with Crippen LogP contribution in [0.4, 0.5) is 0 Å². The fourth-order valence-electron chi connectivity index (χ4n) is 2.31. The average Bonchev–Trinajstić information content (AvgIpc) is 2.05. The van der Waals surface area contributed by atoms with Gasteiger partial charge in [-0.15, -0.1) is 0 Å². The molecule has 0 aromatic rings. The van der Waals surface area contributed by atoms with Gasteiger partial charge in [0.2, 0.25) is 0 Å². The van der Waals surface area contributed by atoms with E-state index >= 15 is 0 Å². The molecule has 1 atom stereocenters. The minimum absolute atomic E-state index is 0.792. The smallest absolute Gasteiger partial charge is 0.00721 e. The van der Waals surface area contributed by atoms with E-state index in [1.165, 1.54) is 45.1 Å². The molecule has 1 rings (SSSR count). The van der Waals surface area contributed by atoms with Crippen LogP contribution in [0.2, 0.25) is 0 Å². The Kier molecular flexibility index (Phi) is 5.54. The molecule has 0 radical (unpaired) electrons. The summed E-state index contributed by atoms with van der Waals surface area (Å²) in [5, 5.41) is 3.70. The van der Waals surface area contributed by atoms with Gasteiger partial charge in [0.15, 0.2) is 0 Å². The van der Waals surface area contributed by atoms with Crippen molar-refractivity contribution in [3.8, 4) is 0 Å². The molecule has 0 amide bonds. The zero-order chi connectivity index (χ0) is 10.4. The van der Waals surface area contributed by atoms with E-state index in [0.717, 1.165) is 17.9 Å². The van der Waals surface area contributed by atoms with Crippen molar-refractivity contribution in [1.82, 2.24) is 5.32 Å². The van der Waals surface area contributed by atoms with Gasteiger partial charge >= 0.3 is 0 Å². The topological polar surface area (TPSA) is 12.0 Å². The van der Waals surface area contributed by atoms with Crippen LogP contribution in [0.1, 0.15) is 59.3 Å². The molecule has 0 aromatic heterocycles. The minimum atomic E-state index is 0.792. The minimum Gasteiger partial charge on any atom is -0.314 e. The number of nitrogens with one attached hydrogen (secondary N) is 1. The summed E-state index contributed by atoms with van der Waals surface area (Å²) in [7, 11) is 0. The third-order valence-electron chi connectivity index (χ3n) is 3.28. The first kappa shape index (κ1) is 12.0. The van der Waals surface area contributed by atoms with Gasteiger partial charge in [-0.05, 0) is 37.6 Å². The van der Waals surface area contributed by atoms with E-state index < -0.39 is 0 Å². The average molecular weight is 197 g/mol. The van der Waals surface area contributed by atoms with Crippen molar-refractivity contribution in [3.63, 3.8) is 0 Å². The quantitative estimate of drug-likeness (QED) is 0.657. The Hall–Kier alpha value is -0.0400. The van der Waals surface area contributed by atoms with Crippen molar-refractivity contribution in [1.29, 1.82) is 0 Å². The summed E-state index contributed by atoms with van der Waals surface area (Å²) in [5.41, 5.74) is 0. The number of hydrogen-bond acceptors (Lipinski definition) is 1. The van der Waals surface area contributed by atoms with E-state index in [1.54, 1.807) is 0 Å². The van der Waals surface area contributed by atoms with Crippen LogP contribution in [0.3, 0.4) is 0 Å². The molecule has 84 valence electrons. The maximum atomic E-state index is 3.70. The van der Waals surface area contributed by atoms with Gasteiger partial charge in [0, 0.05) is 6.04 Å². The van der Waals surface area contributed by atoms with Crippen LogP contribution in [0.15, 0.2) is 0 Å². The lowest BCUT2D eigenvalue weighted by Gasteiger charge is -2.31. The van der Waals surface area contributed by atoms with Gasteiger partial charge in [-0.2, -0.15) is 0 Å². The summed E-state index contributed by atoms with van der Waals surface area (Å²) in [4.78, 5) is 0. The zero-order valence-electron chi connectivity index (χ0n) is 10.2. The van der Waals surface area contributed by atoms with Crippen LogP contribution in [0.5, 0.6) is 0 Å². The van der Waals surface area contributed by atoms with Crippen molar-refractivity contribution >= 4 is 0 Å². The van der Waals surface area contributed by atoms with Crippen molar-refractivity contribution in [3.05, 3.63) is 0 Å². The van der Waals surface area contributed by atoms with Gasteiger partial charge in [0.25, 0.3) is 0 Å². The Balaban J connectivity index is 2.19. The normalized spacial score (nSPS) is 19.7. The van der Waals surface area contributed by atoms with E-state index in [1.807, 2.05) is 0 Å². The third-order valence-corrected chi connectivity index (χ3v) is 3.28. The van der Waals surface area contributed by atoms with Gasteiger partial charge < -0.3 is 5.32 Å². The Morgan fingerprint density at radius 2 is 2.00 bits per heavy atom. The molecule has 1 heteroatoms. The summed E-state index contributed by atoms with van der Waals surface area (Å²) in [6, 6.07) is 0.792. The van der Waals surface area contributed by atoms with Gasteiger partial charge in [0.1, 0.15) is 0 Å². The molecule has 1 saturated carbocycles. The highest BCUT2D eigenvalue weighted by molar-refractivity contribution is 4.78. The fraction of sp³-hybridized carbons (Fsp3) is 1.00. The second kappa shape index (κ2) is 6.44. The van der Waals surface area contributed by atoms with Gasteiger partial charge in [-0.3, -0.25) is 0 Å². The molecule has 0 aromatic carbocycles. The highest BCUT2D eigenvalue weighted by Gasteiger charge is 2.22. The SMILES string of the molecule is CCCNC(CC(C)C)CC1CCC1. The lowest BCUT2D eigenvalue weighted by Crippen LogP contribution is -2.34. The standard InChI is InChI=1S/C13H27N/c1-4-8-14-13(9-11(2)3)10-12-6-5-7-12/h11-14H,4-10H2,1-3H3. The largest absolute Gasteiger partial charge is 0.314 e. The monoisotopic (exact) mass is 197 g/mol. The van der Waals surface area contributed by atoms with Crippen molar-refractivity contribution in [2.45, 2.75) is 65.3 Å². The molecule has 14 heavy (non-hydrogen) atoms. The molecule has 1 N–H and O–H groups in total. The van der Waals surface area contributed by atoms with Gasteiger partial charge in [-0.1, -0.05) is 40.0 Å². The molecular weight excluding hydrogens is 170 g/mol. The van der Waals surface area contributed by atoms with Crippen LogP contribution in [-0.2, 0) is 0 Å². The van der Waals surface area contributed by atoms with Gasteiger partial charge in [-0.25, -0.2) is 0 Å². The summed E-state index contributed by atoms with van der Waals surface area (Å²) in [6.07, 6.45) is 8.51.